The van der Waals surface area contributed by atoms with Crippen LogP contribution >= 0.6 is 0 Å². The van der Waals surface area contributed by atoms with E-state index < -0.39 is 10.0 Å². The zero-order valence-electron chi connectivity index (χ0n) is 13.9. The third-order valence-corrected chi connectivity index (χ3v) is 6.59. The van der Waals surface area contributed by atoms with Crippen LogP contribution in [0.1, 0.15) is 25.8 Å². The lowest BCUT2D eigenvalue weighted by Crippen LogP contribution is -2.41. The van der Waals surface area contributed by atoms with E-state index in [0.29, 0.717) is 25.4 Å². The molecule has 1 aromatic heterocycles. The third-order valence-electron chi connectivity index (χ3n) is 4.84. The number of ether oxygens (including phenoxy) is 2. The summed E-state index contributed by atoms with van der Waals surface area (Å²) in [4.78, 5) is 4.11. The van der Waals surface area contributed by atoms with Gasteiger partial charge in [0.05, 0.1) is 30.3 Å². The predicted octanol–water partition coefficient (Wildman–Crippen LogP) is 1.56. The standard InChI is InChI=1S/C16H24N2O4S/c1-16(2)11-18(14-8-17-6-4-13(14)16)23(19,20)10-15(21-3)12-5-7-22-9-12/h4,6,8,12,15H,5,7,9-11H2,1-3H3. The molecule has 0 radical (unpaired) electrons. The van der Waals surface area contributed by atoms with Crippen LogP contribution in [0.25, 0.3) is 0 Å². The summed E-state index contributed by atoms with van der Waals surface area (Å²) in [5, 5.41) is 0. The molecule has 3 rings (SSSR count). The van der Waals surface area contributed by atoms with E-state index in [1.54, 1.807) is 19.5 Å². The summed E-state index contributed by atoms with van der Waals surface area (Å²) in [5.41, 5.74) is 1.49. The van der Waals surface area contributed by atoms with Gasteiger partial charge < -0.3 is 9.47 Å². The van der Waals surface area contributed by atoms with Crippen LogP contribution in [0, 0.1) is 5.92 Å². The number of rotatable bonds is 5. The summed E-state index contributed by atoms with van der Waals surface area (Å²) in [6.45, 7) is 5.79. The van der Waals surface area contributed by atoms with Gasteiger partial charge in [-0.2, -0.15) is 0 Å². The van der Waals surface area contributed by atoms with Gasteiger partial charge in [0.25, 0.3) is 0 Å². The molecule has 2 aliphatic heterocycles. The molecule has 7 heteroatoms. The number of sulfonamides is 1. The fraction of sp³-hybridized carbons (Fsp3) is 0.688. The Kier molecular flexibility index (Phi) is 4.37. The first-order valence-electron chi connectivity index (χ1n) is 7.90. The van der Waals surface area contributed by atoms with Gasteiger partial charge in [0, 0.05) is 37.8 Å². The minimum atomic E-state index is -3.48. The van der Waals surface area contributed by atoms with Crippen LogP contribution in [-0.4, -0.2) is 52.1 Å². The molecule has 0 amide bonds. The van der Waals surface area contributed by atoms with Gasteiger partial charge >= 0.3 is 0 Å². The number of hydrogen-bond donors (Lipinski definition) is 0. The van der Waals surface area contributed by atoms with E-state index in [9.17, 15) is 8.42 Å². The van der Waals surface area contributed by atoms with Crippen molar-refractivity contribution in [1.82, 2.24) is 4.98 Å². The maximum Gasteiger partial charge on any atom is 0.237 e. The smallest absolute Gasteiger partial charge is 0.237 e. The van der Waals surface area contributed by atoms with Crippen LogP contribution < -0.4 is 4.31 Å². The van der Waals surface area contributed by atoms with Gasteiger partial charge in [-0.05, 0) is 18.1 Å². The van der Waals surface area contributed by atoms with Crippen LogP contribution in [0.15, 0.2) is 18.5 Å². The van der Waals surface area contributed by atoms with Gasteiger partial charge in [-0.25, -0.2) is 8.42 Å². The average molecular weight is 340 g/mol. The Balaban J connectivity index is 1.86. The molecule has 0 aliphatic carbocycles. The highest BCUT2D eigenvalue weighted by Crippen LogP contribution is 2.41. The van der Waals surface area contributed by atoms with E-state index in [4.69, 9.17) is 9.47 Å². The second-order valence-corrected chi connectivity index (χ2v) is 8.90. The maximum absolute atomic E-state index is 13.0. The highest BCUT2D eigenvalue weighted by molar-refractivity contribution is 7.92. The number of aromatic nitrogens is 1. The molecule has 3 heterocycles. The highest BCUT2D eigenvalue weighted by atomic mass is 32.2. The molecule has 1 aromatic rings. The van der Waals surface area contributed by atoms with Crippen LogP contribution in [0.3, 0.4) is 0 Å². The van der Waals surface area contributed by atoms with Crippen molar-refractivity contribution in [3.63, 3.8) is 0 Å². The molecule has 128 valence electrons. The Hall–Kier alpha value is -1.18. The quantitative estimate of drug-likeness (QED) is 0.814. The Labute approximate surface area is 137 Å². The van der Waals surface area contributed by atoms with Gasteiger partial charge in [0.1, 0.15) is 0 Å². The van der Waals surface area contributed by atoms with Gasteiger partial charge in [-0.15, -0.1) is 0 Å². The van der Waals surface area contributed by atoms with Crippen LogP contribution in [0.4, 0.5) is 5.69 Å². The van der Waals surface area contributed by atoms with Gasteiger partial charge in [0.2, 0.25) is 10.0 Å². The molecule has 2 aliphatic rings. The molecule has 0 saturated carbocycles. The van der Waals surface area contributed by atoms with Crippen molar-refractivity contribution < 1.29 is 17.9 Å². The number of pyridine rings is 1. The van der Waals surface area contributed by atoms with Gasteiger partial charge in [-0.1, -0.05) is 13.8 Å². The molecular weight excluding hydrogens is 316 g/mol. The number of fused-ring (bicyclic) bond motifs is 1. The van der Waals surface area contributed by atoms with Crippen molar-refractivity contribution in [2.75, 3.05) is 36.9 Å². The molecule has 1 saturated heterocycles. The van der Waals surface area contributed by atoms with E-state index in [2.05, 4.69) is 18.8 Å². The Morgan fingerprint density at radius 2 is 2.30 bits per heavy atom. The predicted molar refractivity (Wildman–Crippen MR) is 88.1 cm³/mol. The molecule has 0 N–H and O–H groups in total. The Morgan fingerprint density at radius 3 is 2.96 bits per heavy atom. The second-order valence-electron chi connectivity index (χ2n) is 6.96. The monoisotopic (exact) mass is 340 g/mol. The minimum Gasteiger partial charge on any atom is -0.381 e. The molecule has 2 atom stereocenters. The molecular formula is C16H24N2O4S. The van der Waals surface area contributed by atoms with Crippen molar-refractivity contribution in [2.45, 2.75) is 31.8 Å². The number of anilines is 1. The van der Waals surface area contributed by atoms with E-state index in [1.807, 2.05) is 6.07 Å². The highest BCUT2D eigenvalue weighted by Gasteiger charge is 2.42. The average Bonchev–Trinajstić information content (AvgIpc) is 3.12. The van der Waals surface area contributed by atoms with Gasteiger partial charge in [-0.3, -0.25) is 9.29 Å². The molecule has 6 nitrogen and oxygen atoms in total. The van der Waals surface area contributed by atoms with E-state index in [-0.39, 0.29) is 23.2 Å². The topological polar surface area (TPSA) is 68.7 Å². The van der Waals surface area contributed by atoms with E-state index in [0.717, 1.165) is 12.0 Å². The molecule has 23 heavy (non-hydrogen) atoms. The lowest BCUT2D eigenvalue weighted by Gasteiger charge is -2.26. The lowest BCUT2D eigenvalue weighted by molar-refractivity contribution is 0.0610. The SMILES string of the molecule is COC(CS(=O)(=O)N1CC(C)(C)c2ccncc21)C1CCOC1. The fourth-order valence-corrected chi connectivity index (χ4v) is 5.44. The Bertz CT molecular complexity index is 668. The summed E-state index contributed by atoms with van der Waals surface area (Å²) in [6, 6.07) is 1.91. The number of hydrogen-bond acceptors (Lipinski definition) is 5. The van der Waals surface area contributed by atoms with Crippen molar-refractivity contribution in [2.24, 2.45) is 5.92 Å². The van der Waals surface area contributed by atoms with Crippen LogP contribution in [0.5, 0.6) is 0 Å². The summed E-state index contributed by atoms with van der Waals surface area (Å²) >= 11 is 0. The van der Waals surface area contributed by atoms with E-state index >= 15 is 0 Å². The zero-order valence-corrected chi connectivity index (χ0v) is 14.7. The molecule has 2 unspecified atom stereocenters. The van der Waals surface area contributed by atoms with Crippen molar-refractivity contribution in [3.05, 3.63) is 24.0 Å². The molecule has 1 fully saturated rings. The van der Waals surface area contributed by atoms with Gasteiger partial charge in [0.15, 0.2) is 0 Å². The Morgan fingerprint density at radius 1 is 1.52 bits per heavy atom. The first-order valence-corrected chi connectivity index (χ1v) is 9.51. The van der Waals surface area contributed by atoms with Crippen LogP contribution in [0.2, 0.25) is 0 Å². The van der Waals surface area contributed by atoms with Crippen molar-refractivity contribution >= 4 is 15.7 Å². The molecule has 0 bridgehead atoms. The first kappa shape index (κ1) is 16.7. The summed E-state index contributed by atoms with van der Waals surface area (Å²) in [5.74, 6) is 0.112. The van der Waals surface area contributed by atoms with Crippen LogP contribution in [-0.2, 0) is 24.9 Å². The largest absolute Gasteiger partial charge is 0.381 e. The number of methoxy groups -OCH3 is 1. The lowest BCUT2D eigenvalue weighted by atomic mass is 9.88. The first-order chi connectivity index (χ1) is 10.8. The fourth-order valence-electron chi connectivity index (χ4n) is 3.47. The second kappa shape index (κ2) is 6.03. The molecule has 0 aromatic carbocycles. The minimum absolute atomic E-state index is 0.0259. The van der Waals surface area contributed by atoms with Crippen molar-refractivity contribution in [3.8, 4) is 0 Å². The van der Waals surface area contributed by atoms with Crippen molar-refractivity contribution in [1.29, 1.82) is 0 Å². The summed E-state index contributed by atoms with van der Waals surface area (Å²) in [6.07, 6.45) is 3.86. The normalized spacial score (nSPS) is 24.7. The zero-order chi connectivity index (χ0) is 16.7. The van der Waals surface area contributed by atoms with E-state index in [1.165, 1.54) is 4.31 Å². The maximum atomic E-state index is 13.0. The summed E-state index contributed by atoms with van der Waals surface area (Å²) in [7, 11) is -1.91. The molecule has 0 spiro atoms. The summed E-state index contributed by atoms with van der Waals surface area (Å²) < 4.78 is 38.3. The number of nitrogens with zero attached hydrogens (tertiary/aromatic N) is 2. The third kappa shape index (κ3) is 3.09.